The van der Waals surface area contributed by atoms with Crippen LogP contribution in [0.5, 0.6) is 0 Å². The van der Waals surface area contributed by atoms with Crippen molar-refractivity contribution in [3.8, 4) is 0 Å². The Hall–Kier alpha value is -2.13. The predicted octanol–water partition coefficient (Wildman–Crippen LogP) is 3.26. The molecule has 0 fully saturated rings. The molecule has 2 aromatic rings. The lowest BCUT2D eigenvalue weighted by molar-refractivity contribution is 0.128. The molecular formula is C19H27Cl2N7O. The molecule has 1 aromatic heterocycles. The third-order valence-corrected chi connectivity index (χ3v) is 4.88. The summed E-state index contributed by atoms with van der Waals surface area (Å²) in [6.45, 7) is 8.72. The zero-order valence-corrected chi connectivity index (χ0v) is 18.3. The van der Waals surface area contributed by atoms with Crippen molar-refractivity contribution in [3.63, 3.8) is 0 Å². The first-order chi connectivity index (χ1) is 13.8. The Morgan fingerprint density at radius 1 is 1.21 bits per heavy atom. The van der Waals surface area contributed by atoms with Crippen LogP contribution in [0.25, 0.3) is 0 Å². The normalized spacial score (nSPS) is 12.9. The summed E-state index contributed by atoms with van der Waals surface area (Å²) in [4.78, 5) is 15.0. The fraction of sp³-hybridized carbons (Fsp3) is 0.421. The monoisotopic (exact) mass is 439 g/mol. The van der Waals surface area contributed by atoms with Gasteiger partial charge in [0.15, 0.2) is 0 Å². The molecule has 5 N–H and O–H groups in total. The number of nitrogens with zero attached hydrogens (tertiary/aromatic N) is 4. The van der Waals surface area contributed by atoms with E-state index in [-0.39, 0.29) is 11.9 Å². The van der Waals surface area contributed by atoms with E-state index in [9.17, 15) is 5.11 Å². The quantitative estimate of drug-likeness (QED) is 0.350. The molecule has 8 nitrogen and oxygen atoms in total. The molecule has 2 rings (SSSR count). The minimum Gasteiger partial charge on any atom is -0.390 e. The van der Waals surface area contributed by atoms with Gasteiger partial charge in [0.25, 0.3) is 5.95 Å². The number of benzene rings is 1. The van der Waals surface area contributed by atoms with Gasteiger partial charge in [-0.05, 0) is 38.2 Å². The smallest absolute Gasteiger partial charge is 0.254 e. The van der Waals surface area contributed by atoms with Crippen LogP contribution in [0.2, 0.25) is 10.0 Å². The molecule has 0 aliphatic carbocycles. The number of aryl methyl sites for hydroxylation is 1. The van der Waals surface area contributed by atoms with Gasteiger partial charge in [-0.15, -0.1) is 0 Å². The largest absolute Gasteiger partial charge is 0.390 e. The van der Waals surface area contributed by atoms with Gasteiger partial charge in [0.2, 0.25) is 5.96 Å². The number of anilines is 2. The standard InChI is InChI=1S/C19H27Cl2N7O/c1-4-28(5-2)11-14(29)10-23-17-8-12(3)24-19(26-17)27-18(22)25-13-6-7-15(20)16(21)9-13/h6-9,14,29H,4-5,10-11H2,1-3H3,(H4,22,23,24,25,26,27)/t14-/m0/s1. The zero-order chi connectivity index (χ0) is 21.4. The van der Waals surface area contributed by atoms with Gasteiger partial charge >= 0.3 is 0 Å². The Bertz CT molecular complexity index is 843. The van der Waals surface area contributed by atoms with Crippen LogP contribution in [0.1, 0.15) is 19.5 Å². The minimum absolute atomic E-state index is 0.113. The van der Waals surface area contributed by atoms with Crippen molar-refractivity contribution >= 4 is 46.6 Å². The van der Waals surface area contributed by atoms with Crippen LogP contribution in [0.3, 0.4) is 0 Å². The Kier molecular flexibility index (Phi) is 8.91. The maximum atomic E-state index is 10.2. The number of aliphatic hydroxyl groups excluding tert-OH is 1. The highest BCUT2D eigenvalue weighted by molar-refractivity contribution is 6.42. The molecular weight excluding hydrogens is 413 g/mol. The first-order valence-electron chi connectivity index (χ1n) is 9.36. The second kappa shape index (κ2) is 11.2. The van der Waals surface area contributed by atoms with Crippen LogP contribution in [-0.4, -0.2) is 58.2 Å². The van der Waals surface area contributed by atoms with Crippen molar-refractivity contribution < 1.29 is 5.11 Å². The summed E-state index contributed by atoms with van der Waals surface area (Å²) in [5.74, 6) is 0.884. The summed E-state index contributed by atoms with van der Waals surface area (Å²) < 4.78 is 0. The van der Waals surface area contributed by atoms with E-state index in [0.717, 1.165) is 18.8 Å². The van der Waals surface area contributed by atoms with Gasteiger partial charge in [-0.3, -0.25) is 0 Å². The fourth-order valence-corrected chi connectivity index (χ4v) is 2.92. The molecule has 29 heavy (non-hydrogen) atoms. The van der Waals surface area contributed by atoms with E-state index in [4.69, 9.17) is 28.9 Å². The van der Waals surface area contributed by atoms with E-state index in [1.165, 1.54) is 0 Å². The van der Waals surface area contributed by atoms with Gasteiger partial charge in [-0.25, -0.2) is 4.98 Å². The first-order valence-corrected chi connectivity index (χ1v) is 10.1. The summed E-state index contributed by atoms with van der Waals surface area (Å²) in [5, 5.41) is 17.1. The number of nitrogens with two attached hydrogens (primary N) is 1. The lowest BCUT2D eigenvalue weighted by Gasteiger charge is -2.22. The summed E-state index contributed by atoms with van der Waals surface area (Å²) in [6, 6.07) is 6.82. The number of hydrogen-bond acceptors (Lipinski definition) is 6. The Balaban J connectivity index is 2.03. The molecule has 0 radical (unpaired) electrons. The highest BCUT2D eigenvalue weighted by Gasteiger charge is 2.10. The second-order valence-electron chi connectivity index (χ2n) is 6.47. The van der Waals surface area contributed by atoms with Crippen LogP contribution in [0, 0.1) is 6.92 Å². The maximum Gasteiger partial charge on any atom is 0.254 e. The van der Waals surface area contributed by atoms with E-state index < -0.39 is 6.10 Å². The third-order valence-electron chi connectivity index (χ3n) is 4.14. The van der Waals surface area contributed by atoms with Crippen molar-refractivity contribution in [2.75, 3.05) is 36.8 Å². The number of aliphatic hydroxyl groups is 1. The molecule has 0 aliphatic rings. The number of nitrogens with one attached hydrogen (secondary N) is 2. The third kappa shape index (κ3) is 7.66. The number of halogens is 2. The van der Waals surface area contributed by atoms with Crippen LogP contribution in [0.4, 0.5) is 17.5 Å². The second-order valence-corrected chi connectivity index (χ2v) is 7.28. The molecule has 0 amide bonds. The molecule has 0 saturated heterocycles. The van der Waals surface area contributed by atoms with Crippen LogP contribution < -0.4 is 16.4 Å². The SMILES string of the molecule is CCN(CC)C[C@@H](O)CNc1cc(C)nc(N=C(N)Nc2ccc(Cl)c(Cl)c2)n1. The van der Waals surface area contributed by atoms with Crippen molar-refractivity contribution in [2.24, 2.45) is 10.7 Å². The molecule has 10 heteroatoms. The average molecular weight is 440 g/mol. The summed E-state index contributed by atoms with van der Waals surface area (Å²) in [6.07, 6.45) is -0.515. The van der Waals surface area contributed by atoms with Gasteiger partial charge in [0.05, 0.1) is 16.1 Å². The van der Waals surface area contributed by atoms with Crippen molar-refractivity contribution in [2.45, 2.75) is 26.9 Å². The molecule has 0 unspecified atom stereocenters. The predicted molar refractivity (Wildman–Crippen MR) is 120 cm³/mol. The highest BCUT2D eigenvalue weighted by Crippen LogP contribution is 2.25. The maximum absolute atomic E-state index is 10.2. The van der Waals surface area contributed by atoms with Crippen molar-refractivity contribution in [3.05, 3.63) is 40.0 Å². The molecule has 0 saturated carbocycles. The summed E-state index contributed by atoms with van der Waals surface area (Å²) in [5.41, 5.74) is 7.32. The van der Waals surface area contributed by atoms with E-state index in [1.807, 2.05) is 6.92 Å². The molecule has 158 valence electrons. The van der Waals surface area contributed by atoms with Gasteiger partial charge < -0.3 is 26.4 Å². The van der Waals surface area contributed by atoms with Crippen molar-refractivity contribution in [1.82, 2.24) is 14.9 Å². The van der Waals surface area contributed by atoms with Crippen LogP contribution in [0.15, 0.2) is 29.3 Å². The van der Waals surface area contributed by atoms with Gasteiger partial charge in [0.1, 0.15) is 5.82 Å². The molecule has 0 spiro atoms. The molecule has 0 aliphatic heterocycles. The van der Waals surface area contributed by atoms with Crippen LogP contribution >= 0.6 is 23.2 Å². The van der Waals surface area contributed by atoms with Crippen LogP contribution in [-0.2, 0) is 0 Å². The number of aliphatic imine (C=N–C) groups is 1. The molecule has 1 heterocycles. The Morgan fingerprint density at radius 3 is 2.59 bits per heavy atom. The minimum atomic E-state index is -0.515. The Labute approximate surface area is 181 Å². The summed E-state index contributed by atoms with van der Waals surface area (Å²) in [7, 11) is 0. The number of aromatic nitrogens is 2. The van der Waals surface area contributed by atoms with E-state index in [2.05, 4.69) is 44.3 Å². The van der Waals surface area contributed by atoms with Gasteiger partial charge in [-0.1, -0.05) is 37.0 Å². The molecule has 0 bridgehead atoms. The average Bonchev–Trinajstić information content (AvgIpc) is 2.67. The lowest BCUT2D eigenvalue weighted by atomic mass is 10.3. The topological polar surface area (TPSA) is 112 Å². The molecule has 1 aromatic carbocycles. The van der Waals surface area contributed by atoms with E-state index >= 15 is 0 Å². The Morgan fingerprint density at radius 2 is 1.93 bits per heavy atom. The summed E-state index contributed by atoms with van der Waals surface area (Å²) >= 11 is 11.9. The molecule has 1 atom stereocenters. The zero-order valence-electron chi connectivity index (χ0n) is 16.8. The number of likely N-dealkylation sites (N-methyl/N-ethyl adjacent to an activating group) is 1. The number of hydrogen-bond donors (Lipinski definition) is 4. The number of rotatable bonds is 9. The number of guanidine groups is 1. The van der Waals surface area contributed by atoms with Gasteiger partial charge in [-0.2, -0.15) is 9.98 Å². The van der Waals surface area contributed by atoms with Gasteiger partial charge in [0, 0.05) is 30.5 Å². The lowest BCUT2D eigenvalue weighted by Crippen LogP contribution is -2.36. The van der Waals surface area contributed by atoms with Crippen molar-refractivity contribution in [1.29, 1.82) is 0 Å². The first kappa shape index (κ1) is 23.2. The van der Waals surface area contributed by atoms with E-state index in [1.54, 1.807) is 24.3 Å². The van der Waals surface area contributed by atoms with E-state index in [0.29, 0.717) is 34.6 Å². The fourth-order valence-electron chi connectivity index (χ4n) is 2.62. The highest BCUT2D eigenvalue weighted by atomic mass is 35.5.